The molecule has 2 rings (SSSR count). The van der Waals surface area contributed by atoms with Crippen LogP contribution in [0.2, 0.25) is 0 Å². The van der Waals surface area contributed by atoms with E-state index in [9.17, 15) is 5.11 Å². The number of β-amino-alcohol motifs (C(OH)–C–C–N with tert-alkyl or cyclic N) is 1. The number of piperazine rings is 1. The summed E-state index contributed by atoms with van der Waals surface area (Å²) in [6.07, 6.45) is 0. The van der Waals surface area contributed by atoms with Crippen LogP contribution < -0.4 is 10.6 Å². The van der Waals surface area contributed by atoms with Crippen LogP contribution in [0, 0.1) is 13.8 Å². The van der Waals surface area contributed by atoms with Crippen LogP contribution in [0.4, 0.5) is 5.69 Å². The van der Waals surface area contributed by atoms with E-state index in [-0.39, 0.29) is 0 Å². The highest BCUT2D eigenvalue weighted by molar-refractivity contribution is 5.56. The first-order valence-electron chi connectivity index (χ1n) is 7.39. The zero-order valence-corrected chi connectivity index (χ0v) is 12.9. The van der Waals surface area contributed by atoms with Gasteiger partial charge in [-0.15, -0.1) is 0 Å². The Labute approximate surface area is 122 Å². The fraction of sp³-hybridized carbons (Fsp3) is 0.625. The Morgan fingerprint density at radius 2 is 1.85 bits per heavy atom. The zero-order valence-electron chi connectivity index (χ0n) is 12.9. The summed E-state index contributed by atoms with van der Waals surface area (Å²) in [5, 5.41) is 10.1. The Hall–Kier alpha value is -1.10. The van der Waals surface area contributed by atoms with E-state index in [1.54, 1.807) is 0 Å². The zero-order chi connectivity index (χ0) is 14.8. The lowest BCUT2D eigenvalue weighted by molar-refractivity contribution is 0.0257. The molecule has 0 bridgehead atoms. The lowest BCUT2D eigenvalue weighted by Crippen LogP contribution is -2.53. The lowest BCUT2D eigenvalue weighted by Gasteiger charge is -2.39. The third kappa shape index (κ3) is 3.51. The van der Waals surface area contributed by atoms with Crippen LogP contribution >= 0.6 is 0 Å². The van der Waals surface area contributed by atoms with Crippen molar-refractivity contribution in [3.63, 3.8) is 0 Å². The minimum absolute atomic E-state index is 0.310. The summed E-state index contributed by atoms with van der Waals surface area (Å²) < 4.78 is 0. The van der Waals surface area contributed by atoms with Gasteiger partial charge in [-0.1, -0.05) is 12.1 Å². The van der Waals surface area contributed by atoms with Gasteiger partial charge in [-0.3, -0.25) is 4.90 Å². The quantitative estimate of drug-likeness (QED) is 0.866. The van der Waals surface area contributed by atoms with E-state index < -0.39 is 5.60 Å². The molecule has 0 amide bonds. The van der Waals surface area contributed by atoms with Crippen molar-refractivity contribution in [3.05, 3.63) is 29.3 Å². The molecule has 0 spiro atoms. The molecule has 1 saturated heterocycles. The molecule has 0 aromatic heterocycles. The van der Waals surface area contributed by atoms with Crippen molar-refractivity contribution in [1.29, 1.82) is 0 Å². The average Bonchev–Trinajstić information content (AvgIpc) is 2.43. The summed E-state index contributed by atoms with van der Waals surface area (Å²) in [4.78, 5) is 4.74. The predicted molar refractivity (Wildman–Crippen MR) is 84.2 cm³/mol. The summed E-state index contributed by atoms with van der Waals surface area (Å²) in [6.45, 7) is 11.1. The number of hydrogen-bond donors (Lipinski definition) is 2. The summed E-state index contributed by atoms with van der Waals surface area (Å²) in [7, 11) is 0. The highest BCUT2D eigenvalue weighted by Gasteiger charge is 2.25. The monoisotopic (exact) mass is 277 g/mol. The number of rotatable bonds is 4. The third-order valence-corrected chi connectivity index (χ3v) is 4.29. The van der Waals surface area contributed by atoms with Gasteiger partial charge >= 0.3 is 0 Å². The van der Waals surface area contributed by atoms with Crippen LogP contribution in [0.1, 0.15) is 18.1 Å². The van der Waals surface area contributed by atoms with Gasteiger partial charge in [-0.25, -0.2) is 0 Å². The Bertz CT molecular complexity index is 451. The number of anilines is 1. The maximum atomic E-state index is 10.1. The SMILES string of the molecule is Cc1cccc(N2CCN(CC(C)(O)CN)CC2)c1C. The Morgan fingerprint density at radius 1 is 1.20 bits per heavy atom. The molecule has 1 atom stereocenters. The molecule has 1 aliphatic rings. The minimum Gasteiger partial charge on any atom is -0.388 e. The Kier molecular flexibility index (Phi) is 4.68. The lowest BCUT2D eigenvalue weighted by atomic mass is 10.1. The van der Waals surface area contributed by atoms with E-state index in [1.165, 1.54) is 16.8 Å². The number of nitrogens with zero attached hydrogens (tertiary/aromatic N) is 2. The van der Waals surface area contributed by atoms with Crippen molar-refractivity contribution < 1.29 is 5.11 Å². The molecular weight excluding hydrogens is 250 g/mol. The van der Waals surface area contributed by atoms with Gasteiger partial charge in [-0.05, 0) is 38.0 Å². The summed E-state index contributed by atoms with van der Waals surface area (Å²) >= 11 is 0. The number of aryl methyl sites for hydroxylation is 1. The highest BCUT2D eigenvalue weighted by Crippen LogP contribution is 2.24. The van der Waals surface area contributed by atoms with E-state index in [0.717, 1.165) is 26.2 Å². The van der Waals surface area contributed by atoms with Crippen LogP contribution in [-0.2, 0) is 0 Å². The van der Waals surface area contributed by atoms with Gasteiger partial charge in [0.25, 0.3) is 0 Å². The molecule has 4 nitrogen and oxygen atoms in total. The van der Waals surface area contributed by atoms with Crippen molar-refractivity contribution in [2.75, 3.05) is 44.2 Å². The van der Waals surface area contributed by atoms with E-state index in [0.29, 0.717) is 13.1 Å². The standard InChI is InChI=1S/C16H27N3O/c1-13-5-4-6-15(14(13)2)19-9-7-18(8-10-19)12-16(3,20)11-17/h4-6,20H,7-12,17H2,1-3H3. The Morgan fingerprint density at radius 3 is 2.45 bits per heavy atom. The number of benzene rings is 1. The average molecular weight is 277 g/mol. The van der Waals surface area contributed by atoms with Gasteiger partial charge in [0.1, 0.15) is 0 Å². The number of nitrogens with two attached hydrogens (primary N) is 1. The van der Waals surface area contributed by atoms with Gasteiger partial charge in [0.15, 0.2) is 0 Å². The molecule has 1 aromatic carbocycles. The van der Waals surface area contributed by atoms with E-state index >= 15 is 0 Å². The van der Waals surface area contributed by atoms with Crippen LogP contribution in [-0.4, -0.2) is 54.9 Å². The van der Waals surface area contributed by atoms with E-state index in [2.05, 4.69) is 41.8 Å². The summed E-state index contributed by atoms with van der Waals surface area (Å²) in [5.41, 5.74) is 8.87. The molecular formula is C16H27N3O. The molecule has 3 N–H and O–H groups in total. The van der Waals surface area contributed by atoms with Crippen molar-refractivity contribution in [1.82, 2.24) is 4.90 Å². The van der Waals surface area contributed by atoms with Crippen molar-refractivity contribution in [2.24, 2.45) is 5.73 Å². The van der Waals surface area contributed by atoms with Gasteiger partial charge in [0, 0.05) is 45.0 Å². The smallest absolute Gasteiger partial charge is 0.0867 e. The molecule has 1 aromatic rings. The van der Waals surface area contributed by atoms with Crippen LogP contribution in [0.5, 0.6) is 0 Å². The maximum absolute atomic E-state index is 10.1. The molecule has 1 aliphatic heterocycles. The second-order valence-corrected chi connectivity index (χ2v) is 6.18. The first-order chi connectivity index (χ1) is 9.43. The Balaban J connectivity index is 1.96. The number of hydrogen-bond acceptors (Lipinski definition) is 4. The summed E-state index contributed by atoms with van der Waals surface area (Å²) in [6, 6.07) is 6.49. The third-order valence-electron chi connectivity index (χ3n) is 4.29. The molecule has 4 heteroatoms. The molecule has 0 saturated carbocycles. The number of aliphatic hydroxyl groups is 1. The summed E-state index contributed by atoms with van der Waals surface area (Å²) in [5.74, 6) is 0. The van der Waals surface area contributed by atoms with Gasteiger partial charge in [-0.2, -0.15) is 0 Å². The van der Waals surface area contributed by atoms with E-state index in [1.807, 2.05) is 6.92 Å². The molecule has 1 heterocycles. The van der Waals surface area contributed by atoms with Crippen LogP contribution in [0.15, 0.2) is 18.2 Å². The van der Waals surface area contributed by atoms with Gasteiger partial charge < -0.3 is 15.7 Å². The maximum Gasteiger partial charge on any atom is 0.0867 e. The second-order valence-electron chi connectivity index (χ2n) is 6.18. The second kappa shape index (κ2) is 6.12. The highest BCUT2D eigenvalue weighted by atomic mass is 16.3. The first-order valence-corrected chi connectivity index (χ1v) is 7.39. The largest absolute Gasteiger partial charge is 0.388 e. The first kappa shape index (κ1) is 15.3. The van der Waals surface area contributed by atoms with Gasteiger partial charge in [0.05, 0.1) is 5.60 Å². The van der Waals surface area contributed by atoms with Crippen molar-refractivity contribution in [3.8, 4) is 0 Å². The fourth-order valence-corrected chi connectivity index (χ4v) is 2.77. The minimum atomic E-state index is -0.776. The van der Waals surface area contributed by atoms with Crippen LogP contribution in [0.3, 0.4) is 0 Å². The molecule has 0 aliphatic carbocycles. The fourth-order valence-electron chi connectivity index (χ4n) is 2.77. The normalized spacial score (nSPS) is 19.9. The molecule has 1 unspecified atom stereocenters. The molecule has 0 radical (unpaired) electrons. The van der Waals surface area contributed by atoms with Gasteiger partial charge in [0.2, 0.25) is 0 Å². The van der Waals surface area contributed by atoms with Crippen molar-refractivity contribution in [2.45, 2.75) is 26.4 Å². The molecule has 112 valence electrons. The predicted octanol–water partition coefficient (Wildman–Crippen LogP) is 1.14. The van der Waals surface area contributed by atoms with Crippen molar-refractivity contribution >= 4 is 5.69 Å². The topological polar surface area (TPSA) is 52.7 Å². The van der Waals surface area contributed by atoms with E-state index in [4.69, 9.17) is 5.73 Å². The van der Waals surface area contributed by atoms with Crippen LogP contribution in [0.25, 0.3) is 0 Å². The molecule has 20 heavy (non-hydrogen) atoms. The molecule has 1 fully saturated rings.